The molecular formula is C17H27N3O2S2. The summed E-state index contributed by atoms with van der Waals surface area (Å²) in [6, 6.07) is 8.56. The lowest BCUT2D eigenvalue weighted by Crippen LogP contribution is -2.40. The van der Waals surface area contributed by atoms with E-state index in [2.05, 4.69) is 22.5 Å². The maximum Gasteiger partial charge on any atom is 0.191 e. The number of guanidine groups is 1. The fourth-order valence-electron chi connectivity index (χ4n) is 2.60. The van der Waals surface area contributed by atoms with Crippen molar-refractivity contribution in [2.45, 2.75) is 36.3 Å². The molecule has 0 saturated carbocycles. The summed E-state index contributed by atoms with van der Waals surface area (Å²) >= 11 is 1.97. The molecular weight excluding hydrogens is 342 g/mol. The minimum atomic E-state index is -3.26. The maximum absolute atomic E-state index is 12.3. The standard InChI is InChI=1S/C17H27N3O2S2/c1-3-18-16(20-14-17(2)10-7-12-23-17)19-11-13-24(21,22)15-8-5-4-6-9-15/h4-6,8-9H,3,7,10-14H2,1-2H3,(H2,18,19,20). The molecule has 0 spiro atoms. The number of thioether (sulfide) groups is 1. The van der Waals surface area contributed by atoms with Gasteiger partial charge in [0, 0.05) is 17.8 Å². The van der Waals surface area contributed by atoms with Crippen LogP contribution in [-0.2, 0) is 9.84 Å². The SMILES string of the molecule is CCNC(=NCC1(C)CCCS1)NCCS(=O)(=O)c1ccccc1. The summed E-state index contributed by atoms with van der Waals surface area (Å²) in [5.74, 6) is 1.94. The predicted molar refractivity (Wildman–Crippen MR) is 103 cm³/mol. The lowest BCUT2D eigenvalue weighted by molar-refractivity contribution is 0.594. The molecule has 134 valence electrons. The molecule has 7 heteroatoms. The van der Waals surface area contributed by atoms with Crippen molar-refractivity contribution in [2.75, 3.05) is 31.1 Å². The average molecular weight is 370 g/mol. The minimum absolute atomic E-state index is 0.0491. The van der Waals surface area contributed by atoms with Crippen LogP contribution in [0, 0.1) is 0 Å². The zero-order valence-electron chi connectivity index (χ0n) is 14.4. The Morgan fingerprint density at radius 3 is 2.67 bits per heavy atom. The van der Waals surface area contributed by atoms with Crippen molar-refractivity contribution in [3.8, 4) is 0 Å². The first-order valence-electron chi connectivity index (χ1n) is 8.39. The van der Waals surface area contributed by atoms with Crippen LogP contribution >= 0.6 is 11.8 Å². The number of hydrogen-bond donors (Lipinski definition) is 2. The van der Waals surface area contributed by atoms with Crippen LogP contribution in [0.4, 0.5) is 0 Å². The van der Waals surface area contributed by atoms with Crippen LogP contribution in [0.25, 0.3) is 0 Å². The fraction of sp³-hybridized carbons (Fsp3) is 0.588. The largest absolute Gasteiger partial charge is 0.357 e. The smallest absolute Gasteiger partial charge is 0.191 e. The van der Waals surface area contributed by atoms with Crippen molar-refractivity contribution in [3.05, 3.63) is 30.3 Å². The van der Waals surface area contributed by atoms with Crippen molar-refractivity contribution in [3.63, 3.8) is 0 Å². The van der Waals surface area contributed by atoms with Crippen molar-refractivity contribution in [1.82, 2.24) is 10.6 Å². The van der Waals surface area contributed by atoms with Gasteiger partial charge in [-0.3, -0.25) is 4.99 Å². The second kappa shape index (κ2) is 8.76. The first-order valence-corrected chi connectivity index (χ1v) is 11.0. The van der Waals surface area contributed by atoms with Gasteiger partial charge in [-0.2, -0.15) is 11.8 Å². The van der Waals surface area contributed by atoms with E-state index < -0.39 is 9.84 Å². The van der Waals surface area contributed by atoms with E-state index in [1.54, 1.807) is 24.3 Å². The second-order valence-electron chi connectivity index (χ2n) is 6.16. The highest BCUT2D eigenvalue weighted by molar-refractivity contribution is 8.00. The molecule has 1 fully saturated rings. The zero-order chi connectivity index (χ0) is 17.5. The molecule has 0 aromatic heterocycles. The van der Waals surface area contributed by atoms with Gasteiger partial charge < -0.3 is 10.6 Å². The van der Waals surface area contributed by atoms with E-state index in [4.69, 9.17) is 0 Å². The Balaban J connectivity index is 1.89. The molecule has 1 aliphatic rings. The second-order valence-corrected chi connectivity index (χ2v) is 9.95. The highest BCUT2D eigenvalue weighted by Gasteiger charge is 2.29. The van der Waals surface area contributed by atoms with Gasteiger partial charge in [-0.1, -0.05) is 18.2 Å². The van der Waals surface area contributed by atoms with Crippen molar-refractivity contribution >= 4 is 27.6 Å². The quantitative estimate of drug-likeness (QED) is 0.570. The minimum Gasteiger partial charge on any atom is -0.357 e. The van der Waals surface area contributed by atoms with E-state index in [1.807, 2.05) is 24.8 Å². The van der Waals surface area contributed by atoms with Crippen LogP contribution in [0.5, 0.6) is 0 Å². The number of benzene rings is 1. The number of aliphatic imine (C=N–C) groups is 1. The summed E-state index contributed by atoms with van der Waals surface area (Å²) in [6.07, 6.45) is 2.43. The highest BCUT2D eigenvalue weighted by atomic mass is 32.2. The number of sulfone groups is 1. The Morgan fingerprint density at radius 1 is 1.29 bits per heavy atom. The third-order valence-electron chi connectivity index (χ3n) is 3.98. The lowest BCUT2D eigenvalue weighted by Gasteiger charge is -2.21. The van der Waals surface area contributed by atoms with E-state index in [0.717, 1.165) is 13.1 Å². The predicted octanol–water partition coefficient (Wildman–Crippen LogP) is 2.30. The van der Waals surface area contributed by atoms with E-state index in [-0.39, 0.29) is 10.5 Å². The number of nitrogens with one attached hydrogen (secondary N) is 2. The first-order chi connectivity index (χ1) is 11.5. The molecule has 2 rings (SSSR count). The summed E-state index contributed by atoms with van der Waals surface area (Å²) < 4.78 is 24.8. The lowest BCUT2D eigenvalue weighted by atomic mass is 10.1. The third kappa shape index (κ3) is 5.70. The van der Waals surface area contributed by atoms with Crippen LogP contribution in [-0.4, -0.2) is 50.3 Å². The molecule has 24 heavy (non-hydrogen) atoms. The number of nitrogens with zero attached hydrogens (tertiary/aromatic N) is 1. The monoisotopic (exact) mass is 369 g/mol. The molecule has 1 unspecified atom stereocenters. The van der Waals surface area contributed by atoms with Crippen LogP contribution < -0.4 is 10.6 Å². The Hall–Kier alpha value is -1.21. The molecule has 1 aliphatic heterocycles. The molecule has 0 amide bonds. The number of rotatable bonds is 7. The van der Waals surface area contributed by atoms with Gasteiger partial charge in [-0.05, 0) is 44.6 Å². The molecule has 1 saturated heterocycles. The third-order valence-corrected chi connectivity index (χ3v) is 7.24. The molecule has 2 N–H and O–H groups in total. The normalized spacial score (nSPS) is 21.7. The van der Waals surface area contributed by atoms with Gasteiger partial charge in [0.2, 0.25) is 0 Å². The van der Waals surface area contributed by atoms with Gasteiger partial charge in [-0.15, -0.1) is 0 Å². The van der Waals surface area contributed by atoms with Gasteiger partial charge in [0.15, 0.2) is 15.8 Å². The van der Waals surface area contributed by atoms with Crippen LogP contribution in [0.2, 0.25) is 0 Å². The van der Waals surface area contributed by atoms with Crippen LogP contribution in [0.1, 0.15) is 26.7 Å². The Labute approximate surface area is 149 Å². The summed E-state index contributed by atoms with van der Waals surface area (Å²) in [7, 11) is -3.26. The van der Waals surface area contributed by atoms with Gasteiger partial charge in [0.25, 0.3) is 0 Å². The highest BCUT2D eigenvalue weighted by Crippen LogP contribution is 2.37. The molecule has 0 aliphatic carbocycles. The van der Waals surface area contributed by atoms with Crippen molar-refractivity contribution in [1.29, 1.82) is 0 Å². The molecule has 0 radical (unpaired) electrons. The molecule has 1 aromatic carbocycles. The fourth-order valence-corrected chi connectivity index (χ4v) is 5.00. The van der Waals surface area contributed by atoms with E-state index in [9.17, 15) is 8.42 Å². The summed E-state index contributed by atoms with van der Waals surface area (Å²) in [5.41, 5.74) is 0. The van der Waals surface area contributed by atoms with E-state index >= 15 is 0 Å². The van der Waals surface area contributed by atoms with Crippen molar-refractivity contribution < 1.29 is 8.42 Å². The average Bonchev–Trinajstić information content (AvgIpc) is 3.00. The van der Waals surface area contributed by atoms with Crippen molar-refractivity contribution in [2.24, 2.45) is 4.99 Å². The van der Waals surface area contributed by atoms with Gasteiger partial charge >= 0.3 is 0 Å². The maximum atomic E-state index is 12.3. The topological polar surface area (TPSA) is 70.6 Å². The Bertz CT molecular complexity index is 639. The summed E-state index contributed by atoms with van der Waals surface area (Å²) in [5, 5.41) is 6.32. The molecule has 1 heterocycles. The van der Waals surface area contributed by atoms with Gasteiger partial charge in [0.1, 0.15) is 0 Å². The van der Waals surface area contributed by atoms with E-state index in [0.29, 0.717) is 17.4 Å². The molecule has 0 bridgehead atoms. The van der Waals surface area contributed by atoms with Gasteiger partial charge in [-0.25, -0.2) is 8.42 Å². The Kier molecular flexibility index (Phi) is 6.98. The van der Waals surface area contributed by atoms with E-state index in [1.165, 1.54) is 18.6 Å². The van der Waals surface area contributed by atoms with Crippen LogP contribution in [0.15, 0.2) is 40.2 Å². The molecule has 1 atom stereocenters. The molecule has 5 nitrogen and oxygen atoms in total. The first kappa shape index (κ1) is 19.1. The zero-order valence-corrected chi connectivity index (χ0v) is 16.0. The van der Waals surface area contributed by atoms with Gasteiger partial charge in [0.05, 0.1) is 17.2 Å². The van der Waals surface area contributed by atoms with Crippen LogP contribution in [0.3, 0.4) is 0 Å². The molecule has 1 aromatic rings. The summed E-state index contributed by atoms with van der Waals surface area (Å²) in [4.78, 5) is 5.00. The number of hydrogen-bond acceptors (Lipinski definition) is 4. The Morgan fingerprint density at radius 2 is 2.04 bits per heavy atom. The summed E-state index contributed by atoms with van der Waals surface area (Å²) in [6.45, 7) is 6.09.